The van der Waals surface area contributed by atoms with E-state index in [1.807, 2.05) is 53.9 Å². The van der Waals surface area contributed by atoms with Crippen LogP contribution in [0.4, 0.5) is 15.9 Å². The Morgan fingerprint density at radius 3 is 2.30 bits per heavy atom. The Balaban J connectivity index is 1.66. The van der Waals surface area contributed by atoms with E-state index >= 15 is 4.39 Å². The summed E-state index contributed by atoms with van der Waals surface area (Å²) < 4.78 is 23.6. The molecule has 5 aromatic rings. The fourth-order valence-corrected chi connectivity index (χ4v) is 4.94. The predicted molar refractivity (Wildman–Crippen MR) is 189 cm³/mol. The molecule has 0 aliphatic rings. The second-order valence-electron chi connectivity index (χ2n) is 12.7. The van der Waals surface area contributed by atoms with Gasteiger partial charge in [-0.15, -0.1) is 0 Å². The Morgan fingerprint density at radius 1 is 1.00 bits per heavy atom. The van der Waals surface area contributed by atoms with Crippen molar-refractivity contribution < 1.29 is 13.9 Å². The highest BCUT2D eigenvalue weighted by Gasteiger charge is 2.29. The molecule has 44 heavy (non-hydrogen) atoms. The highest BCUT2D eigenvalue weighted by Crippen LogP contribution is 2.44. The average molecular weight is 580 g/mol. The third-order valence-electron chi connectivity index (χ3n) is 7.08. The fourth-order valence-electron chi connectivity index (χ4n) is 4.94. The van der Waals surface area contributed by atoms with E-state index < -0.39 is 11.1 Å². The van der Waals surface area contributed by atoms with Gasteiger partial charge in [-0.2, -0.15) is 0 Å². The number of nitrogens with zero attached hydrogens (tertiary/aromatic N) is 5. The number of anilines is 2. The van der Waals surface area contributed by atoms with Crippen LogP contribution in [0, 0.1) is 5.82 Å². The van der Waals surface area contributed by atoms with Crippen molar-refractivity contribution >= 4 is 75.5 Å². The molecule has 0 spiro atoms. The first kappa shape index (κ1) is 30.7. The largest absolute Gasteiger partial charge is 0.421 e. The molecule has 0 saturated heterocycles. The average Bonchev–Trinajstić information content (AvgIpc) is 3.31. The van der Waals surface area contributed by atoms with Crippen molar-refractivity contribution in [3.63, 3.8) is 0 Å². The molecule has 2 aromatic carbocycles. The molecule has 0 aliphatic carbocycles. The number of nitrogens with two attached hydrogens (primary N) is 1. The number of hydrogen-bond donors (Lipinski definition) is 2. The van der Waals surface area contributed by atoms with Gasteiger partial charge in [-0.05, 0) is 53.6 Å². The number of fused-ring (bicyclic) bond motifs is 1. The van der Waals surface area contributed by atoms with E-state index in [0.717, 1.165) is 17.0 Å². The minimum absolute atomic E-state index is 0.0113. The molecule has 0 fully saturated rings. The molecule has 0 aliphatic heterocycles. The third kappa shape index (κ3) is 6.02. The van der Waals surface area contributed by atoms with E-state index in [1.165, 1.54) is 12.4 Å². The highest BCUT2D eigenvalue weighted by atomic mass is 19.1. The number of ether oxygens (including phenoxy) is 1. The number of hydrogen-bond acceptors (Lipinski definition) is 7. The van der Waals surface area contributed by atoms with Gasteiger partial charge >= 0.3 is 6.01 Å². The smallest absolute Gasteiger partial charge is 0.322 e. The van der Waals surface area contributed by atoms with Crippen LogP contribution in [-0.4, -0.2) is 77.5 Å². The lowest BCUT2D eigenvalue weighted by atomic mass is 9.41. The van der Waals surface area contributed by atoms with E-state index in [9.17, 15) is 4.79 Å². The van der Waals surface area contributed by atoms with Crippen LogP contribution in [0.1, 0.15) is 12.6 Å². The third-order valence-corrected chi connectivity index (χ3v) is 7.08. The quantitative estimate of drug-likeness (QED) is 0.180. The van der Waals surface area contributed by atoms with Crippen molar-refractivity contribution in [1.29, 1.82) is 0 Å². The van der Waals surface area contributed by atoms with Gasteiger partial charge in [0.15, 0.2) is 11.6 Å². The molecule has 9 nitrogen and oxygen atoms in total. The SMILES string of the molecule is BC(B)(B)c1ccnc(Oc2ccc(-c3c(-c4ccc(NC(=O)C(=C)C)cc4)n(C(B)(B)B)c4ncnc(N)c34)cc2F)n1. The summed E-state index contributed by atoms with van der Waals surface area (Å²) in [4.78, 5) is 29.7. The molecule has 0 radical (unpaired) electrons. The van der Waals surface area contributed by atoms with Crippen LogP contribution in [0.2, 0.25) is 0 Å². The molecule has 0 atom stereocenters. The second-order valence-corrected chi connectivity index (χ2v) is 12.7. The maximum Gasteiger partial charge on any atom is 0.322 e. The Morgan fingerprint density at radius 2 is 1.68 bits per heavy atom. The number of halogens is 1. The Kier molecular flexibility index (Phi) is 7.96. The van der Waals surface area contributed by atoms with E-state index in [0.29, 0.717) is 33.4 Å². The number of aromatic nitrogens is 5. The van der Waals surface area contributed by atoms with Crippen LogP contribution in [0.5, 0.6) is 11.8 Å². The van der Waals surface area contributed by atoms with Gasteiger partial charge in [0.2, 0.25) is 0 Å². The number of benzene rings is 2. The summed E-state index contributed by atoms with van der Waals surface area (Å²) in [6, 6.07) is 14.0. The first-order chi connectivity index (χ1) is 20.6. The predicted octanol–water partition coefficient (Wildman–Crippen LogP) is -0.940. The minimum atomic E-state index is -0.594. The monoisotopic (exact) mass is 581 g/mol. The van der Waals surface area contributed by atoms with Crippen LogP contribution in [0.25, 0.3) is 33.4 Å². The zero-order valence-corrected chi connectivity index (χ0v) is 26.0. The van der Waals surface area contributed by atoms with Crippen molar-refractivity contribution in [3.05, 3.63) is 84.7 Å². The van der Waals surface area contributed by atoms with Crippen LogP contribution in [-0.2, 0) is 15.1 Å². The molecule has 214 valence electrons. The second kappa shape index (κ2) is 11.4. The molecular formula is C28H30B6FN7O2. The van der Waals surface area contributed by atoms with Gasteiger partial charge in [0, 0.05) is 28.7 Å². The maximum absolute atomic E-state index is 15.8. The van der Waals surface area contributed by atoms with Crippen molar-refractivity contribution in [1.82, 2.24) is 24.5 Å². The van der Waals surface area contributed by atoms with Crippen LogP contribution >= 0.6 is 0 Å². The topological polar surface area (TPSA) is 121 Å². The van der Waals surface area contributed by atoms with E-state index in [1.54, 1.807) is 25.3 Å². The van der Waals surface area contributed by atoms with Crippen molar-refractivity contribution in [2.24, 2.45) is 0 Å². The Labute approximate surface area is 260 Å². The van der Waals surface area contributed by atoms with Gasteiger partial charge in [-0.1, -0.05) is 29.9 Å². The highest BCUT2D eigenvalue weighted by molar-refractivity contribution is 6.58. The zero-order chi connectivity index (χ0) is 32.0. The first-order valence-corrected chi connectivity index (χ1v) is 14.2. The van der Waals surface area contributed by atoms with Crippen LogP contribution < -0.4 is 15.8 Å². The van der Waals surface area contributed by atoms with Crippen LogP contribution in [0.15, 0.2) is 73.2 Å². The maximum atomic E-state index is 15.8. The van der Waals surface area contributed by atoms with E-state index in [4.69, 9.17) is 10.5 Å². The standard InChI is InChI=1S/C28H30B6FN7O2/c1-13(2)25(43)40-16-6-3-14(4-7-16)22-20(21-23(36)38-12-39-24(21)42(22)28(32,33)34)15-5-8-18(17(35)11-15)44-26-37-10-9-19(41-26)27(29,30)31/h3-12H,1,29-34H2,2H3,(H,40,43)(H2,36,38,39). The number of carbonyl (C=O) groups excluding carboxylic acids is 1. The number of carbonyl (C=O) groups is 1. The fraction of sp³-hybridized carbons (Fsp3) is 0.107. The molecule has 3 heterocycles. The summed E-state index contributed by atoms with van der Waals surface area (Å²) in [6.45, 7) is 5.34. The molecule has 16 heteroatoms. The van der Waals surface area contributed by atoms with E-state index in [-0.39, 0.29) is 28.6 Å². The molecule has 1 amide bonds. The van der Waals surface area contributed by atoms with Crippen molar-refractivity contribution in [3.8, 4) is 34.1 Å². The molecular weight excluding hydrogens is 550 g/mol. The summed E-state index contributed by atoms with van der Waals surface area (Å²) in [5.41, 5.74) is 11.7. The van der Waals surface area contributed by atoms with Gasteiger partial charge in [0.25, 0.3) is 5.91 Å². The Bertz CT molecular complexity index is 1920. The molecule has 0 bridgehead atoms. The van der Waals surface area contributed by atoms with Gasteiger partial charge in [0.05, 0.1) is 34.6 Å². The molecule has 3 N–H and O–H groups in total. The Hall–Kier alpha value is -4.73. The summed E-state index contributed by atoms with van der Waals surface area (Å²) in [5, 5.41) is 2.76. The molecule has 3 aromatic heterocycles. The lowest BCUT2D eigenvalue weighted by Crippen LogP contribution is -2.35. The summed E-state index contributed by atoms with van der Waals surface area (Å²) in [6.07, 6.45) is 3.02. The number of amides is 1. The summed E-state index contributed by atoms with van der Waals surface area (Å²) in [7, 11) is 12.3. The van der Waals surface area contributed by atoms with Crippen molar-refractivity contribution in [2.45, 2.75) is 17.3 Å². The first-order valence-electron chi connectivity index (χ1n) is 14.2. The van der Waals surface area contributed by atoms with Gasteiger partial charge in [-0.25, -0.2) is 24.3 Å². The molecule has 0 unspecified atom stereocenters. The van der Waals surface area contributed by atoms with Crippen LogP contribution in [0.3, 0.4) is 0 Å². The molecule has 5 rings (SSSR count). The lowest BCUT2D eigenvalue weighted by Gasteiger charge is -2.26. The number of nitrogens with one attached hydrogen (secondary N) is 1. The number of nitrogen functional groups attached to an aromatic ring is 1. The van der Waals surface area contributed by atoms with Gasteiger partial charge < -0.3 is 20.4 Å². The van der Waals surface area contributed by atoms with E-state index in [2.05, 4.69) is 59.9 Å². The summed E-state index contributed by atoms with van der Waals surface area (Å²) >= 11 is 0. The zero-order valence-electron chi connectivity index (χ0n) is 26.0. The lowest BCUT2D eigenvalue weighted by molar-refractivity contribution is -0.112. The normalized spacial score (nSPS) is 11.8. The van der Waals surface area contributed by atoms with Crippen molar-refractivity contribution in [2.75, 3.05) is 11.1 Å². The minimum Gasteiger partial charge on any atom is -0.421 e. The van der Waals surface area contributed by atoms with Gasteiger partial charge in [0.1, 0.15) is 41.3 Å². The number of rotatable bonds is 8. The summed E-state index contributed by atoms with van der Waals surface area (Å²) in [5.74, 6) is -0.600. The van der Waals surface area contributed by atoms with Gasteiger partial charge in [-0.3, -0.25) is 4.79 Å². The molecule has 0 saturated carbocycles.